The van der Waals surface area contributed by atoms with E-state index in [-0.39, 0.29) is 6.10 Å². The molecule has 0 aromatic carbocycles. The van der Waals surface area contributed by atoms with Gasteiger partial charge in [0, 0.05) is 12.1 Å². The maximum atomic E-state index is 12.2. The molecule has 3 unspecified atom stereocenters. The highest BCUT2D eigenvalue weighted by molar-refractivity contribution is 4.82. The predicted octanol–water partition coefficient (Wildman–Crippen LogP) is 4.04. The minimum absolute atomic E-state index is 0.237. The Hall–Kier alpha value is -0.290. The number of ether oxygens (including phenoxy) is 1. The Morgan fingerprint density at radius 3 is 2.45 bits per heavy atom. The molecule has 2 rings (SSSR count). The van der Waals surface area contributed by atoms with Gasteiger partial charge in [-0.3, -0.25) is 0 Å². The van der Waals surface area contributed by atoms with Crippen LogP contribution in [-0.4, -0.2) is 31.0 Å². The fourth-order valence-electron chi connectivity index (χ4n) is 3.36. The minimum atomic E-state index is -4.21. The molecule has 0 saturated heterocycles. The summed E-state index contributed by atoms with van der Waals surface area (Å²) >= 11 is 0. The van der Waals surface area contributed by atoms with Crippen molar-refractivity contribution >= 4 is 0 Å². The molecule has 3 atom stereocenters. The fraction of sp³-hybridized carbons (Fsp3) is 1.00. The van der Waals surface area contributed by atoms with Gasteiger partial charge in [-0.2, -0.15) is 13.2 Å². The van der Waals surface area contributed by atoms with Crippen LogP contribution in [0.1, 0.15) is 58.3 Å². The molecule has 118 valence electrons. The van der Waals surface area contributed by atoms with E-state index in [0.29, 0.717) is 18.5 Å². The summed E-state index contributed by atoms with van der Waals surface area (Å²) in [5.74, 6) is 0.860. The summed E-state index contributed by atoms with van der Waals surface area (Å²) in [4.78, 5) is 0. The second kappa shape index (κ2) is 7.12. The summed E-state index contributed by atoms with van der Waals surface area (Å²) in [5, 5.41) is 3.58. The smallest absolute Gasteiger partial charge is 0.369 e. The molecule has 0 radical (unpaired) electrons. The Morgan fingerprint density at radius 2 is 1.85 bits per heavy atom. The normalized spacial score (nSPS) is 30.0. The molecule has 2 saturated carbocycles. The highest BCUT2D eigenvalue weighted by Gasteiger charge is 2.31. The van der Waals surface area contributed by atoms with Crippen LogP contribution in [0.25, 0.3) is 0 Å². The maximum absolute atomic E-state index is 12.2. The summed E-state index contributed by atoms with van der Waals surface area (Å²) in [7, 11) is 0. The monoisotopic (exact) mass is 293 g/mol. The van der Waals surface area contributed by atoms with E-state index in [2.05, 4.69) is 12.2 Å². The van der Waals surface area contributed by atoms with Crippen molar-refractivity contribution in [2.75, 3.05) is 6.61 Å². The summed E-state index contributed by atoms with van der Waals surface area (Å²) in [6, 6.07) is 0.781. The zero-order valence-corrected chi connectivity index (χ0v) is 12.2. The number of nitrogens with one attached hydrogen (secondary N) is 1. The van der Waals surface area contributed by atoms with Gasteiger partial charge in [-0.05, 0) is 44.9 Å². The quantitative estimate of drug-likeness (QED) is 0.798. The maximum Gasteiger partial charge on any atom is 0.411 e. The average molecular weight is 293 g/mol. The van der Waals surface area contributed by atoms with Crippen LogP contribution in [0.2, 0.25) is 0 Å². The summed E-state index contributed by atoms with van der Waals surface area (Å²) in [6.07, 6.45) is 4.27. The standard InChI is InChI=1S/C15H26F3NO/c1-11(8-12-4-2-5-12)19-13-6-3-7-14(9-13)20-10-15(16,17)18/h11-14,19H,2-10H2,1H3. The molecule has 2 nitrogen and oxygen atoms in total. The zero-order chi connectivity index (χ0) is 14.6. The van der Waals surface area contributed by atoms with Crippen LogP contribution in [0.5, 0.6) is 0 Å². The Morgan fingerprint density at radius 1 is 1.15 bits per heavy atom. The van der Waals surface area contributed by atoms with Crippen LogP contribution in [0.3, 0.4) is 0 Å². The third kappa shape index (κ3) is 5.60. The molecule has 20 heavy (non-hydrogen) atoms. The van der Waals surface area contributed by atoms with Crippen LogP contribution in [0.15, 0.2) is 0 Å². The van der Waals surface area contributed by atoms with Gasteiger partial charge in [-0.25, -0.2) is 0 Å². The van der Waals surface area contributed by atoms with Crippen molar-refractivity contribution in [3.8, 4) is 0 Å². The number of rotatable bonds is 6. The van der Waals surface area contributed by atoms with E-state index in [0.717, 1.165) is 25.2 Å². The van der Waals surface area contributed by atoms with E-state index in [1.165, 1.54) is 25.7 Å². The van der Waals surface area contributed by atoms with Crippen LogP contribution < -0.4 is 5.32 Å². The molecule has 2 aliphatic carbocycles. The predicted molar refractivity (Wildman–Crippen MR) is 72.6 cm³/mol. The summed E-state index contributed by atoms with van der Waals surface area (Å²) < 4.78 is 41.5. The fourth-order valence-corrected chi connectivity index (χ4v) is 3.36. The lowest BCUT2D eigenvalue weighted by atomic mass is 9.81. The highest BCUT2D eigenvalue weighted by atomic mass is 19.4. The van der Waals surface area contributed by atoms with Gasteiger partial charge in [0.2, 0.25) is 0 Å². The van der Waals surface area contributed by atoms with E-state index in [1.807, 2.05) is 0 Å². The number of hydrogen-bond acceptors (Lipinski definition) is 2. The Kier molecular flexibility index (Phi) is 5.73. The Labute approximate surface area is 119 Å². The molecule has 2 aliphatic rings. The number of halogens is 3. The van der Waals surface area contributed by atoms with Crippen molar-refractivity contribution in [2.24, 2.45) is 5.92 Å². The summed E-state index contributed by atoms with van der Waals surface area (Å²) in [6.45, 7) is 1.08. The van der Waals surface area contributed by atoms with Gasteiger partial charge in [-0.15, -0.1) is 0 Å². The zero-order valence-electron chi connectivity index (χ0n) is 12.2. The lowest BCUT2D eigenvalue weighted by Crippen LogP contribution is -2.43. The van der Waals surface area contributed by atoms with Gasteiger partial charge < -0.3 is 10.1 Å². The minimum Gasteiger partial charge on any atom is -0.369 e. The van der Waals surface area contributed by atoms with Gasteiger partial charge in [0.25, 0.3) is 0 Å². The Bertz CT molecular complexity index is 291. The van der Waals surface area contributed by atoms with E-state index in [9.17, 15) is 13.2 Å². The number of alkyl halides is 3. The van der Waals surface area contributed by atoms with Crippen LogP contribution in [0.4, 0.5) is 13.2 Å². The molecule has 0 amide bonds. The SMILES string of the molecule is CC(CC1CCC1)NC1CCCC(OCC(F)(F)F)C1. The third-order valence-corrected chi connectivity index (χ3v) is 4.54. The van der Waals surface area contributed by atoms with Crippen molar-refractivity contribution in [1.82, 2.24) is 5.32 Å². The lowest BCUT2D eigenvalue weighted by molar-refractivity contribution is -0.188. The molecular weight excluding hydrogens is 267 g/mol. The van der Waals surface area contributed by atoms with E-state index in [4.69, 9.17) is 4.74 Å². The average Bonchev–Trinajstić information content (AvgIpc) is 2.31. The lowest BCUT2D eigenvalue weighted by Gasteiger charge is -2.34. The first kappa shape index (κ1) is 16.1. The van der Waals surface area contributed by atoms with Crippen molar-refractivity contribution in [3.63, 3.8) is 0 Å². The van der Waals surface area contributed by atoms with E-state index < -0.39 is 12.8 Å². The van der Waals surface area contributed by atoms with Crippen molar-refractivity contribution in [3.05, 3.63) is 0 Å². The molecular formula is C15H26F3NO. The first-order valence-electron chi connectivity index (χ1n) is 7.87. The highest BCUT2D eigenvalue weighted by Crippen LogP contribution is 2.31. The Balaban J connectivity index is 1.66. The molecule has 0 heterocycles. The molecule has 0 aromatic rings. The molecule has 0 aliphatic heterocycles. The first-order chi connectivity index (χ1) is 9.42. The van der Waals surface area contributed by atoms with Gasteiger partial charge in [0.15, 0.2) is 0 Å². The summed E-state index contributed by atoms with van der Waals surface area (Å²) in [5.41, 5.74) is 0. The van der Waals surface area contributed by atoms with Crippen molar-refractivity contribution in [1.29, 1.82) is 0 Å². The number of hydrogen-bond donors (Lipinski definition) is 1. The molecule has 5 heteroatoms. The van der Waals surface area contributed by atoms with Crippen LogP contribution >= 0.6 is 0 Å². The van der Waals surface area contributed by atoms with Crippen LogP contribution in [0, 0.1) is 5.92 Å². The molecule has 0 aromatic heterocycles. The molecule has 0 spiro atoms. The van der Waals surface area contributed by atoms with Gasteiger partial charge in [-0.1, -0.05) is 19.3 Å². The largest absolute Gasteiger partial charge is 0.411 e. The molecule has 2 fully saturated rings. The molecule has 0 bridgehead atoms. The van der Waals surface area contributed by atoms with Crippen molar-refractivity contribution < 1.29 is 17.9 Å². The second-order valence-electron chi connectivity index (χ2n) is 6.51. The molecule has 1 N–H and O–H groups in total. The van der Waals surface area contributed by atoms with E-state index in [1.54, 1.807) is 0 Å². The van der Waals surface area contributed by atoms with Gasteiger partial charge in [0.1, 0.15) is 6.61 Å². The van der Waals surface area contributed by atoms with Gasteiger partial charge >= 0.3 is 6.18 Å². The van der Waals surface area contributed by atoms with Gasteiger partial charge in [0.05, 0.1) is 6.10 Å². The van der Waals surface area contributed by atoms with E-state index >= 15 is 0 Å². The topological polar surface area (TPSA) is 21.3 Å². The first-order valence-corrected chi connectivity index (χ1v) is 7.87. The third-order valence-electron chi connectivity index (χ3n) is 4.54. The van der Waals surface area contributed by atoms with Crippen LogP contribution in [-0.2, 0) is 4.74 Å². The van der Waals surface area contributed by atoms with Crippen molar-refractivity contribution in [2.45, 2.75) is 82.7 Å². The second-order valence-corrected chi connectivity index (χ2v) is 6.51.